The molecule has 0 amide bonds. The molecule has 8 rings (SSSR count). The van der Waals surface area contributed by atoms with Crippen molar-refractivity contribution in [1.29, 1.82) is 0 Å². The van der Waals surface area contributed by atoms with Gasteiger partial charge in [0.2, 0.25) is 0 Å². The molecule has 0 heterocycles. The van der Waals surface area contributed by atoms with E-state index in [1.165, 1.54) is 96.2 Å². The lowest BCUT2D eigenvalue weighted by molar-refractivity contribution is -0.150. The number of methoxy groups -OCH3 is 2. The van der Waals surface area contributed by atoms with Gasteiger partial charge in [-0.25, -0.2) is 0 Å². The number of carbonyl (C=O) groups excluding carboxylic acids is 3. The van der Waals surface area contributed by atoms with Crippen LogP contribution in [0.2, 0.25) is 0 Å². The summed E-state index contributed by atoms with van der Waals surface area (Å²) in [5.41, 5.74) is 3.88. The predicted octanol–water partition coefficient (Wildman–Crippen LogP) is 12.5. The summed E-state index contributed by atoms with van der Waals surface area (Å²) >= 11 is 0. The molecule has 8 aliphatic carbocycles. The van der Waals surface area contributed by atoms with Gasteiger partial charge in [-0.05, 0) is 178 Å². The summed E-state index contributed by atoms with van der Waals surface area (Å²) in [7, 11) is 3.00. The first kappa shape index (κ1) is 44.2. The van der Waals surface area contributed by atoms with Crippen molar-refractivity contribution in [2.24, 2.45) is 92.7 Å². The lowest BCUT2D eigenvalue weighted by Crippen LogP contribution is -2.52. The van der Waals surface area contributed by atoms with Gasteiger partial charge < -0.3 is 9.47 Å². The Morgan fingerprint density at radius 1 is 0.655 bits per heavy atom. The number of rotatable bonds is 4. The van der Waals surface area contributed by atoms with E-state index < -0.39 is 5.41 Å². The highest BCUT2D eigenvalue weighted by Crippen LogP contribution is 2.68. The fourth-order valence-electron chi connectivity index (χ4n) is 15.7. The summed E-state index contributed by atoms with van der Waals surface area (Å²) in [6.45, 7) is 18.6. The largest absolute Gasteiger partial charge is 0.469 e. The van der Waals surface area contributed by atoms with Crippen LogP contribution in [-0.2, 0) is 23.9 Å². The summed E-state index contributed by atoms with van der Waals surface area (Å²) < 4.78 is 10.1. The van der Waals surface area contributed by atoms with Crippen LogP contribution in [0.1, 0.15) is 167 Å². The van der Waals surface area contributed by atoms with Gasteiger partial charge in [-0.2, -0.15) is 0 Å². The molecule has 0 aromatic heterocycles. The van der Waals surface area contributed by atoms with E-state index in [-0.39, 0.29) is 61.2 Å². The van der Waals surface area contributed by atoms with E-state index in [1.807, 2.05) is 12.5 Å². The average Bonchev–Trinajstić information content (AvgIpc) is 3.69. The molecule has 0 aromatic rings. The molecule has 6 fully saturated rings. The number of esters is 2. The number of ether oxygens (including phenoxy) is 2. The van der Waals surface area contributed by atoms with Crippen molar-refractivity contribution in [1.82, 2.24) is 0 Å². The van der Waals surface area contributed by atoms with Crippen molar-refractivity contribution in [3.05, 3.63) is 23.3 Å². The maximum absolute atomic E-state index is 13.5. The Balaban J connectivity index is 0.000000204. The minimum Gasteiger partial charge on any atom is -0.469 e. The topological polar surface area (TPSA) is 69.7 Å². The molecule has 0 bridgehead atoms. The Hall–Kier alpha value is -1.91. The molecule has 55 heavy (non-hydrogen) atoms. The summed E-state index contributed by atoms with van der Waals surface area (Å²) in [5.74, 6) is 6.41. The number of fused-ring (bicyclic) bond motifs is 10. The molecule has 5 nitrogen and oxygen atoms in total. The number of hydrogen-bond donors (Lipinski definition) is 0. The van der Waals surface area contributed by atoms with Crippen molar-refractivity contribution in [3.8, 4) is 0 Å². The fraction of sp³-hybridized carbons (Fsp3) is 0.860. The van der Waals surface area contributed by atoms with Gasteiger partial charge in [0.25, 0.3) is 0 Å². The third-order valence-electron chi connectivity index (χ3n) is 19.0. The highest BCUT2D eigenvalue weighted by Gasteiger charge is 2.62. The first-order valence-corrected chi connectivity index (χ1v) is 22.2. The quantitative estimate of drug-likeness (QED) is 0.211. The van der Waals surface area contributed by atoms with Crippen molar-refractivity contribution in [2.45, 2.75) is 167 Å². The Bertz CT molecular complexity index is 1510. The molecule has 312 valence electrons. The third-order valence-corrected chi connectivity index (χ3v) is 19.0. The van der Waals surface area contributed by atoms with Gasteiger partial charge in [0.1, 0.15) is 0 Å². The van der Waals surface area contributed by atoms with Crippen LogP contribution in [0.4, 0.5) is 0 Å². The summed E-state index contributed by atoms with van der Waals surface area (Å²) in [6.07, 6.45) is 23.9. The second-order valence-corrected chi connectivity index (χ2v) is 21.2. The standard InChI is InChI=1S/C24H36O3.C24H38O2.2CH4/c1-14-10-11-23(3)16(12-14)6-7-17-19-9-8-18(15(2)22(26)27-5)24(19,4)21(25)13-20(17)23;1-15-10-12-23(3)17(14-15)6-7-18-20-9-8-19(16(2)22(25)26-5)24(20,4)13-11-21(18)23;;/h13-19H,6-12H2,1-5H3;11,15-20H,6-10,12-14H2,1-5H3;2*1H4/t14-,15+,16-,17?,18-,19?,23+,24-;15-,16+,17-,18?,19-,20?,23+,24-;;/m11../s1. The summed E-state index contributed by atoms with van der Waals surface area (Å²) in [6, 6.07) is 0. The van der Waals surface area contributed by atoms with E-state index in [1.54, 1.807) is 7.11 Å². The molecule has 6 saturated carbocycles. The van der Waals surface area contributed by atoms with Crippen molar-refractivity contribution in [2.75, 3.05) is 14.2 Å². The zero-order valence-electron chi connectivity index (χ0n) is 35.2. The Morgan fingerprint density at radius 3 is 1.67 bits per heavy atom. The lowest BCUT2D eigenvalue weighted by Gasteiger charge is -2.57. The van der Waals surface area contributed by atoms with E-state index >= 15 is 0 Å². The van der Waals surface area contributed by atoms with Crippen molar-refractivity contribution >= 4 is 17.7 Å². The van der Waals surface area contributed by atoms with Crippen molar-refractivity contribution < 1.29 is 23.9 Å². The number of carbonyl (C=O) groups is 3. The molecule has 5 heteroatoms. The first-order valence-electron chi connectivity index (χ1n) is 22.2. The maximum Gasteiger partial charge on any atom is 0.308 e. The van der Waals surface area contributed by atoms with E-state index in [0.29, 0.717) is 23.2 Å². The van der Waals surface area contributed by atoms with Gasteiger partial charge in [0.15, 0.2) is 5.78 Å². The number of allylic oxidation sites excluding steroid dienone is 4. The minimum absolute atomic E-state index is 0. The maximum atomic E-state index is 13.5. The summed E-state index contributed by atoms with van der Waals surface area (Å²) in [4.78, 5) is 38.0. The molecule has 4 unspecified atom stereocenters. The minimum atomic E-state index is -0.396. The average molecular weight is 763 g/mol. The van der Waals surface area contributed by atoms with Gasteiger partial charge in [0.05, 0.1) is 26.1 Å². The second-order valence-electron chi connectivity index (χ2n) is 21.2. The fourth-order valence-corrected chi connectivity index (χ4v) is 15.7. The van der Waals surface area contributed by atoms with Gasteiger partial charge >= 0.3 is 11.9 Å². The Kier molecular flexibility index (Phi) is 12.9. The van der Waals surface area contributed by atoms with Crippen LogP contribution in [0.3, 0.4) is 0 Å². The lowest BCUT2D eigenvalue weighted by atomic mass is 9.47. The molecule has 16 atom stereocenters. The zero-order chi connectivity index (χ0) is 38.2. The second kappa shape index (κ2) is 16.0. The molecular weight excluding hydrogens is 681 g/mol. The van der Waals surface area contributed by atoms with E-state index in [4.69, 9.17) is 9.47 Å². The molecular formula is C50H82O5. The van der Waals surface area contributed by atoms with E-state index in [9.17, 15) is 14.4 Å². The molecule has 0 radical (unpaired) electrons. The highest BCUT2D eigenvalue weighted by atomic mass is 16.5. The van der Waals surface area contributed by atoms with Crippen LogP contribution in [-0.4, -0.2) is 31.9 Å². The van der Waals surface area contributed by atoms with Crippen LogP contribution in [0.5, 0.6) is 0 Å². The van der Waals surface area contributed by atoms with Crippen LogP contribution >= 0.6 is 0 Å². The van der Waals surface area contributed by atoms with E-state index in [2.05, 4.69) is 60.6 Å². The Morgan fingerprint density at radius 2 is 1.13 bits per heavy atom. The van der Waals surface area contributed by atoms with Crippen LogP contribution in [0.15, 0.2) is 23.3 Å². The predicted molar refractivity (Wildman–Crippen MR) is 225 cm³/mol. The molecule has 0 spiro atoms. The van der Waals surface area contributed by atoms with Crippen molar-refractivity contribution in [3.63, 3.8) is 0 Å². The monoisotopic (exact) mass is 763 g/mol. The van der Waals surface area contributed by atoms with Gasteiger partial charge in [-0.3, -0.25) is 14.4 Å². The van der Waals surface area contributed by atoms with Crippen LogP contribution in [0, 0.1) is 92.7 Å². The molecule has 8 aliphatic rings. The molecule has 0 aromatic carbocycles. The molecule has 0 N–H and O–H groups in total. The SMILES string of the molecule is C.C.COC(=O)[C@@H](C)[C@H]1CCC2C3CC[C@@H]4C[C@H](C)CC[C@]4(C)C3=CC(=O)[C@@]21C.COC(=O)[C@@H](C)[C@H]1CCC2C3CC[C@@H]4C[C@H](C)CC[C@]4(C)C3=CC[C@@]21C. The zero-order valence-corrected chi connectivity index (χ0v) is 35.2. The van der Waals surface area contributed by atoms with Crippen LogP contribution in [0.25, 0.3) is 0 Å². The van der Waals surface area contributed by atoms with Gasteiger partial charge in [0, 0.05) is 5.41 Å². The Labute approximate surface area is 337 Å². The summed E-state index contributed by atoms with van der Waals surface area (Å²) in [5, 5.41) is 0. The smallest absolute Gasteiger partial charge is 0.308 e. The van der Waals surface area contributed by atoms with Gasteiger partial charge in [-0.15, -0.1) is 0 Å². The normalized spacial score (nSPS) is 46.3. The number of hydrogen-bond acceptors (Lipinski definition) is 5. The number of ketones is 1. The molecule has 0 saturated heterocycles. The van der Waals surface area contributed by atoms with E-state index in [0.717, 1.165) is 48.3 Å². The van der Waals surface area contributed by atoms with Gasteiger partial charge in [-0.1, -0.05) is 87.5 Å². The first-order chi connectivity index (χ1) is 25.0. The highest BCUT2D eigenvalue weighted by molar-refractivity contribution is 5.98. The molecule has 0 aliphatic heterocycles. The third kappa shape index (κ3) is 6.85. The van der Waals surface area contributed by atoms with Crippen LogP contribution < -0.4 is 0 Å².